The smallest absolute Gasteiger partial charge is 0.134 e. The summed E-state index contributed by atoms with van der Waals surface area (Å²) in [6.07, 6.45) is 5.70. The SMILES string of the molecule is C=C/C=C(\C=C)c1cccc(-c2cccc3c2-n2c(nc4ccccc42)C32c3ccccc3-c3ccccc32)c1. The summed E-state index contributed by atoms with van der Waals surface area (Å²) in [5, 5.41) is 0. The molecule has 2 nitrogen and oxygen atoms in total. The normalized spacial score (nSPS) is 14.1. The van der Waals surface area contributed by atoms with Crippen molar-refractivity contribution >= 4 is 16.6 Å². The molecule has 6 aromatic rings. The van der Waals surface area contributed by atoms with Gasteiger partial charge in [-0.05, 0) is 62.7 Å². The largest absolute Gasteiger partial charge is 0.294 e. The topological polar surface area (TPSA) is 17.8 Å². The van der Waals surface area contributed by atoms with Gasteiger partial charge in [-0.3, -0.25) is 4.57 Å². The summed E-state index contributed by atoms with van der Waals surface area (Å²) >= 11 is 0. The number of allylic oxidation sites excluding steroid dienone is 4. The Balaban J connectivity index is 1.52. The maximum absolute atomic E-state index is 5.39. The number of benzene rings is 5. The number of fused-ring (bicyclic) bond motifs is 12. The van der Waals surface area contributed by atoms with E-state index in [4.69, 9.17) is 4.98 Å². The zero-order chi connectivity index (χ0) is 26.8. The molecular formula is C38H26N2. The van der Waals surface area contributed by atoms with E-state index in [1.165, 1.54) is 39.1 Å². The Kier molecular flexibility index (Phi) is 4.77. The van der Waals surface area contributed by atoms with E-state index >= 15 is 0 Å². The van der Waals surface area contributed by atoms with Crippen molar-refractivity contribution in [2.24, 2.45) is 0 Å². The van der Waals surface area contributed by atoms with Crippen LogP contribution in [0.4, 0.5) is 0 Å². The molecule has 0 radical (unpaired) electrons. The van der Waals surface area contributed by atoms with E-state index < -0.39 is 5.41 Å². The molecule has 40 heavy (non-hydrogen) atoms. The fourth-order valence-electron chi connectivity index (χ4n) is 6.99. The first-order chi connectivity index (χ1) is 19.8. The zero-order valence-electron chi connectivity index (χ0n) is 22.0. The van der Waals surface area contributed by atoms with E-state index in [2.05, 4.69) is 133 Å². The second-order valence-electron chi connectivity index (χ2n) is 10.4. The number of imidazole rings is 1. The van der Waals surface area contributed by atoms with Crippen LogP contribution in [0.3, 0.4) is 0 Å². The third-order valence-electron chi connectivity index (χ3n) is 8.54. The van der Waals surface area contributed by atoms with E-state index in [0.717, 1.165) is 33.6 Å². The number of rotatable bonds is 4. The lowest BCUT2D eigenvalue weighted by atomic mass is 9.72. The monoisotopic (exact) mass is 510 g/mol. The molecule has 2 heterocycles. The minimum Gasteiger partial charge on any atom is -0.294 e. The minimum atomic E-state index is -0.496. The predicted octanol–water partition coefficient (Wildman–Crippen LogP) is 9.12. The molecule has 0 saturated carbocycles. The fourth-order valence-corrected chi connectivity index (χ4v) is 6.99. The van der Waals surface area contributed by atoms with E-state index in [9.17, 15) is 0 Å². The third-order valence-corrected chi connectivity index (χ3v) is 8.54. The van der Waals surface area contributed by atoms with Crippen LogP contribution >= 0.6 is 0 Å². The molecule has 0 atom stereocenters. The van der Waals surface area contributed by atoms with Gasteiger partial charge >= 0.3 is 0 Å². The minimum absolute atomic E-state index is 0.496. The maximum atomic E-state index is 5.39. The van der Waals surface area contributed by atoms with E-state index in [-0.39, 0.29) is 0 Å². The number of hydrogen-bond acceptors (Lipinski definition) is 1. The fraction of sp³-hybridized carbons (Fsp3) is 0.0263. The Bertz CT molecular complexity index is 2010. The highest BCUT2D eigenvalue weighted by Gasteiger charge is 2.54. The average molecular weight is 511 g/mol. The average Bonchev–Trinajstić information content (AvgIpc) is 3.63. The number of para-hydroxylation sites is 3. The molecule has 8 rings (SSSR count). The summed E-state index contributed by atoms with van der Waals surface area (Å²) in [5.74, 6) is 1.06. The summed E-state index contributed by atoms with van der Waals surface area (Å²) in [6.45, 7) is 7.93. The zero-order valence-corrected chi connectivity index (χ0v) is 22.0. The highest BCUT2D eigenvalue weighted by molar-refractivity contribution is 5.94. The molecule has 2 heteroatoms. The summed E-state index contributed by atoms with van der Waals surface area (Å²) in [6, 6.07) is 41.7. The van der Waals surface area contributed by atoms with Gasteiger partial charge in [0.15, 0.2) is 0 Å². The van der Waals surface area contributed by atoms with Gasteiger partial charge in [0.05, 0.1) is 16.7 Å². The lowest BCUT2D eigenvalue weighted by Gasteiger charge is -2.27. The van der Waals surface area contributed by atoms with E-state index in [1.54, 1.807) is 0 Å². The molecule has 1 aromatic heterocycles. The van der Waals surface area contributed by atoms with Crippen molar-refractivity contribution < 1.29 is 0 Å². The van der Waals surface area contributed by atoms with Gasteiger partial charge in [0, 0.05) is 5.56 Å². The molecule has 1 spiro atoms. The van der Waals surface area contributed by atoms with Crippen molar-refractivity contribution in [3.63, 3.8) is 0 Å². The number of aromatic nitrogens is 2. The standard InChI is InChI=1S/C38H26N2/c1-3-13-25(4-2)26-14-11-15-27(24-26)28-18-12-21-33-36(28)40-35-23-10-9-22-34(35)39-37(40)38(33)31-19-7-5-16-29(31)30-17-6-8-20-32(30)38/h3-24H,1-2H2/b25-13+. The van der Waals surface area contributed by atoms with E-state index in [1.807, 2.05) is 18.2 Å². The van der Waals surface area contributed by atoms with Gasteiger partial charge < -0.3 is 0 Å². The summed E-state index contributed by atoms with van der Waals surface area (Å²) in [7, 11) is 0. The second-order valence-corrected chi connectivity index (χ2v) is 10.4. The maximum Gasteiger partial charge on any atom is 0.134 e. The molecule has 0 fully saturated rings. The van der Waals surface area contributed by atoms with Crippen LogP contribution in [-0.2, 0) is 5.41 Å². The van der Waals surface area contributed by atoms with Crippen LogP contribution < -0.4 is 0 Å². The van der Waals surface area contributed by atoms with Crippen molar-refractivity contribution in [1.29, 1.82) is 0 Å². The Morgan fingerprint density at radius 2 is 1.32 bits per heavy atom. The van der Waals surface area contributed by atoms with Crippen LogP contribution in [0.1, 0.15) is 28.1 Å². The van der Waals surface area contributed by atoms with Crippen molar-refractivity contribution in [2.75, 3.05) is 0 Å². The first kappa shape index (κ1) is 22.7. The molecule has 188 valence electrons. The van der Waals surface area contributed by atoms with Gasteiger partial charge in [-0.15, -0.1) is 0 Å². The summed E-state index contributed by atoms with van der Waals surface area (Å²) < 4.78 is 2.42. The number of hydrogen-bond donors (Lipinski definition) is 0. The lowest BCUT2D eigenvalue weighted by Crippen LogP contribution is -2.27. The molecule has 1 aliphatic carbocycles. The highest BCUT2D eigenvalue weighted by atomic mass is 15.1. The van der Waals surface area contributed by atoms with Crippen LogP contribution in [0.2, 0.25) is 0 Å². The molecule has 2 aliphatic rings. The van der Waals surface area contributed by atoms with Crippen LogP contribution in [0.25, 0.3) is 44.5 Å². The molecular weight excluding hydrogens is 484 g/mol. The highest BCUT2D eigenvalue weighted by Crippen LogP contribution is 2.61. The van der Waals surface area contributed by atoms with Gasteiger partial charge in [0.25, 0.3) is 0 Å². The molecule has 5 aromatic carbocycles. The van der Waals surface area contributed by atoms with Gasteiger partial charge in [0.1, 0.15) is 11.2 Å². The molecule has 0 unspecified atom stereocenters. The summed E-state index contributed by atoms with van der Waals surface area (Å²) in [5.41, 5.74) is 13.8. The Morgan fingerprint density at radius 1 is 0.675 bits per heavy atom. The van der Waals surface area contributed by atoms with Crippen molar-refractivity contribution in [2.45, 2.75) is 5.41 Å². The van der Waals surface area contributed by atoms with Gasteiger partial charge in [-0.2, -0.15) is 0 Å². The van der Waals surface area contributed by atoms with Crippen molar-refractivity contribution in [3.8, 4) is 27.9 Å². The Hall–Kier alpha value is -5.21. The van der Waals surface area contributed by atoms with Crippen LogP contribution in [0.15, 0.2) is 147 Å². The van der Waals surface area contributed by atoms with Crippen LogP contribution in [-0.4, -0.2) is 9.55 Å². The second kappa shape index (κ2) is 8.39. The predicted molar refractivity (Wildman–Crippen MR) is 166 cm³/mol. The summed E-state index contributed by atoms with van der Waals surface area (Å²) in [4.78, 5) is 5.39. The van der Waals surface area contributed by atoms with Gasteiger partial charge in [-0.1, -0.05) is 128 Å². The number of nitrogens with zero attached hydrogens (tertiary/aromatic N) is 2. The van der Waals surface area contributed by atoms with E-state index in [0.29, 0.717) is 0 Å². The first-order valence-corrected chi connectivity index (χ1v) is 13.6. The Labute approximate surface area is 233 Å². The van der Waals surface area contributed by atoms with Gasteiger partial charge in [-0.25, -0.2) is 4.98 Å². The van der Waals surface area contributed by atoms with Crippen molar-refractivity contribution in [3.05, 3.63) is 175 Å². The van der Waals surface area contributed by atoms with Gasteiger partial charge in [0.2, 0.25) is 0 Å². The third kappa shape index (κ3) is 2.80. The Morgan fingerprint density at radius 3 is 2.08 bits per heavy atom. The first-order valence-electron chi connectivity index (χ1n) is 13.6. The molecule has 0 N–H and O–H groups in total. The molecule has 0 amide bonds. The molecule has 1 aliphatic heterocycles. The quantitative estimate of drug-likeness (QED) is 0.216. The van der Waals surface area contributed by atoms with Crippen LogP contribution in [0, 0.1) is 0 Å². The van der Waals surface area contributed by atoms with Crippen LogP contribution in [0.5, 0.6) is 0 Å². The van der Waals surface area contributed by atoms with Crippen molar-refractivity contribution in [1.82, 2.24) is 9.55 Å². The molecule has 0 saturated heterocycles. The lowest BCUT2D eigenvalue weighted by molar-refractivity contribution is 0.738. The molecule has 0 bridgehead atoms.